The molecule has 1 aliphatic carbocycles. The van der Waals surface area contributed by atoms with Gasteiger partial charge in [-0.2, -0.15) is 0 Å². The van der Waals surface area contributed by atoms with Crippen LogP contribution in [0.3, 0.4) is 0 Å². The molecule has 5 rings (SSSR count). The fourth-order valence-corrected chi connectivity index (χ4v) is 5.62. The Bertz CT molecular complexity index is 1470. The van der Waals surface area contributed by atoms with Gasteiger partial charge in [-0.05, 0) is 78.2 Å². The predicted molar refractivity (Wildman–Crippen MR) is 164 cm³/mol. The first-order valence-corrected chi connectivity index (χ1v) is 14.8. The Morgan fingerprint density at radius 1 is 0.950 bits per heavy atom. The number of aromatic nitrogens is 2. The van der Waals surface area contributed by atoms with Crippen LogP contribution in [0, 0.1) is 5.82 Å². The Balaban J connectivity index is 1.40. The molecular formula is C32H34ClFN4OS. The van der Waals surface area contributed by atoms with Gasteiger partial charge in [0.2, 0.25) is 5.95 Å². The number of hydrogen-bond acceptors (Lipinski definition) is 6. The van der Waals surface area contributed by atoms with Crippen LogP contribution in [-0.4, -0.2) is 16.0 Å². The first-order valence-electron chi connectivity index (χ1n) is 13.7. The van der Waals surface area contributed by atoms with Crippen molar-refractivity contribution in [3.8, 4) is 22.8 Å². The first-order chi connectivity index (χ1) is 19.3. The summed E-state index contributed by atoms with van der Waals surface area (Å²) in [6, 6.07) is 20.6. The molecule has 40 heavy (non-hydrogen) atoms. The maximum Gasteiger partial charge on any atom is 0.223 e. The lowest BCUT2D eigenvalue weighted by Crippen LogP contribution is -2.23. The molecule has 1 aromatic heterocycles. The van der Waals surface area contributed by atoms with Crippen molar-refractivity contribution in [3.05, 3.63) is 89.3 Å². The van der Waals surface area contributed by atoms with Gasteiger partial charge in [-0.3, -0.25) is 0 Å². The molecule has 0 bridgehead atoms. The predicted octanol–water partition coefficient (Wildman–Crippen LogP) is 9.89. The quantitative estimate of drug-likeness (QED) is 0.203. The van der Waals surface area contributed by atoms with E-state index in [0.717, 1.165) is 34.6 Å². The summed E-state index contributed by atoms with van der Waals surface area (Å²) in [5, 5.41) is 4.13. The normalized spacial score (nSPS) is 14.1. The lowest BCUT2D eigenvalue weighted by molar-refractivity contribution is 0.441. The van der Waals surface area contributed by atoms with Crippen LogP contribution in [0.25, 0.3) is 11.3 Å². The van der Waals surface area contributed by atoms with Gasteiger partial charge in [0.25, 0.3) is 0 Å². The molecule has 0 aliphatic heterocycles. The first kappa shape index (κ1) is 28.2. The third kappa shape index (κ3) is 7.07. The lowest BCUT2D eigenvalue weighted by Gasteiger charge is -2.23. The van der Waals surface area contributed by atoms with Gasteiger partial charge >= 0.3 is 0 Å². The number of benzene rings is 3. The van der Waals surface area contributed by atoms with Crippen molar-refractivity contribution in [1.82, 2.24) is 9.97 Å². The summed E-state index contributed by atoms with van der Waals surface area (Å²) in [5.74, 6) is 0.807. The van der Waals surface area contributed by atoms with Crippen LogP contribution in [0.2, 0.25) is 5.02 Å². The molecule has 4 aromatic rings. The Morgan fingerprint density at radius 3 is 2.50 bits per heavy atom. The SMILES string of the molecule is CC(C)(C)c1ccc(-c2ccnc(NC3CCCCC3)n2)c(Oc2ccc(NSc3ccccc3Cl)cc2F)c1. The number of ether oxygens (including phenoxy) is 1. The second kappa shape index (κ2) is 12.5. The largest absolute Gasteiger partial charge is 0.454 e. The molecule has 0 unspecified atom stereocenters. The molecule has 1 fully saturated rings. The summed E-state index contributed by atoms with van der Waals surface area (Å²) in [7, 11) is 0. The highest BCUT2D eigenvalue weighted by Gasteiger charge is 2.20. The van der Waals surface area contributed by atoms with Gasteiger partial charge in [-0.15, -0.1) is 0 Å². The molecule has 5 nitrogen and oxygen atoms in total. The number of nitrogens with one attached hydrogen (secondary N) is 2. The van der Waals surface area contributed by atoms with Crippen LogP contribution < -0.4 is 14.8 Å². The average Bonchev–Trinajstić information content (AvgIpc) is 2.94. The number of hydrogen-bond donors (Lipinski definition) is 2. The van der Waals surface area contributed by atoms with Gasteiger partial charge in [0.1, 0.15) is 5.75 Å². The fourth-order valence-electron chi connectivity index (χ4n) is 4.70. The lowest BCUT2D eigenvalue weighted by atomic mass is 9.86. The Labute approximate surface area is 245 Å². The minimum atomic E-state index is -0.473. The maximum atomic E-state index is 15.3. The van der Waals surface area contributed by atoms with Crippen LogP contribution in [0.1, 0.15) is 58.4 Å². The molecule has 3 aromatic carbocycles. The van der Waals surface area contributed by atoms with E-state index in [9.17, 15) is 0 Å². The molecule has 8 heteroatoms. The van der Waals surface area contributed by atoms with Crippen LogP contribution in [0.15, 0.2) is 77.8 Å². The van der Waals surface area contributed by atoms with E-state index in [0.29, 0.717) is 28.4 Å². The topological polar surface area (TPSA) is 59.1 Å². The minimum Gasteiger partial charge on any atom is -0.454 e. The Morgan fingerprint density at radius 2 is 1.75 bits per heavy atom. The van der Waals surface area contributed by atoms with Gasteiger partial charge < -0.3 is 14.8 Å². The fraction of sp³-hybridized carbons (Fsp3) is 0.312. The summed E-state index contributed by atoms with van der Waals surface area (Å²) >= 11 is 7.57. The summed E-state index contributed by atoms with van der Waals surface area (Å²) in [4.78, 5) is 10.1. The molecule has 1 aliphatic rings. The van der Waals surface area contributed by atoms with Crippen molar-refractivity contribution in [2.45, 2.75) is 69.2 Å². The summed E-state index contributed by atoms with van der Waals surface area (Å²) < 4.78 is 24.7. The second-order valence-electron chi connectivity index (χ2n) is 11.1. The average molecular weight is 577 g/mol. The molecule has 1 heterocycles. The van der Waals surface area contributed by atoms with Gasteiger partial charge in [-0.1, -0.05) is 69.8 Å². The van der Waals surface area contributed by atoms with Crippen molar-refractivity contribution in [3.63, 3.8) is 0 Å². The van der Waals surface area contributed by atoms with Crippen LogP contribution in [-0.2, 0) is 5.41 Å². The van der Waals surface area contributed by atoms with Gasteiger partial charge in [0.05, 0.1) is 10.7 Å². The van der Waals surface area contributed by atoms with Crippen LogP contribution in [0.5, 0.6) is 11.5 Å². The van der Waals surface area contributed by atoms with Crippen molar-refractivity contribution in [2.24, 2.45) is 0 Å². The van der Waals surface area contributed by atoms with E-state index in [4.69, 9.17) is 21.3 Å². The highest BCUT2D eigenvalue weighted by atomic mass is 35.5. The molecule has 208 valence electrons. The summed E-state index contributed by atoms with van der Waals surface area (Å²) in [6.07, 6.45) is 7.75. The van der Waals surface area contributed by atoms with E-state index >= 15 is 4.39 Å². The monoisotopic (exact) mass is 576 g/mol. The molecule has 0 amide bonds. The Hall–Kier alpha value is -3.29. The molecule has 0 spiro atoms. The zero-order valence-corrected chi connectivity index (χ0v) is 24.6. The van der Waals surface area contributed by atoms with E-state index < -0.39 is 5.82 Å². The van der Waals surface area contributed by atoms with Gasteiger partial charge in [0, 0.05) is 34.5 Å². The van der Waals surface area contributed by atoms with Crippen molar-refractivity contribution < 1.29 is 9.13 Å². The molecule has 0 saturated heterocycles. The smallest absolute Gasteiger partial charge is 0.223 e. The molecule has 2 N–H and O–H groups in total. The summed E-state index contributed by atoms with van der Waals surface area (Å²) in [5.41, 5.74) is 3.07. The highest BCUT2D eigenvalue weighted by Crippen LogP contribution is 2.38. The van der Waals surface area contributed by atoms with E-state index in [2.05, 4.69) is 41.9 Å². The minimum absolute atomic E-state index is 0.113. The summed E-state index contributed by atoms with van der Waals surface area (Å²) in [6.45, 7) is 6.42. The highest BCUT2D eigenvalue weighted by molar-refractivity contribution is 8.00. The van der Waals surface area contributed by atoms with E-state index in [1.165, 1.54) is 37.3 Å². The Kier molecular flexibility index (Phi) is 8.81. The van der Waals surface area contributed by atoms with E-state index in [-0.39, 0.29) is 11.2 Å². The standard InChI is InChI=1S/C32H34ClFN4OS/c1-32(2,3)21-13-15-24(27-17-18-35-31(37-27)36-22-9-5-4-6-10-22)29(19-21)39-28-16-14-23(20-26(28)34)38-40-30-12-8-7-11-25(30)33/h7-8,11-20,22,38H,4-6,9-10H2,1-3H3,(H,35,36,37). The van der Waals surface area contributed by atoms with Crippen molar-refractivity contribution >= 4 is 35.2 Å². The van der Waals surface area contributed by atoms with Crippen molar-refractivity contribution in [2.75, 3.05) is 10.0 Å². The molecule has 0 radical (unpaired) electrons. The zero-order valence-electron chi connectivity index (χ0n) is 23.0. The molecular weight excluding hydrogens is 543 g/mol. The number of rotatable bonds is 8. The van der Waals surface area contributed by atoms with Crippen LogP contribution in [0.4, 0.5) is 16.0 Å². The van der Waals surface area contributed by atoms with Gasteiger partial charge in [0.15, 0.2) is 11.6 Å². The molecule has 0 atom stereocenters. The third-order valence-corrected chi connectivity index (χ3v) is 8.34. The zero-order chi connectivity index (χ0) is 28.1. The van der Waals surface area contributed by atoms with Gasteiger partial charge in [-0.25, -0.2) is 14.4 Å². The third-order valence-electron chi connectivity index (χ3n) is 6.98. The van der Waals surface area contributed by atoms with E-state index in [1.54, 1.807) is 18.3 Å². The van der Waals surface area contributed by atoms with Crippen molar-refractivity contribution in [1.29, 1.82) is 0 Å². The number of nitrogens with zero attached hydrogens (tertiary/aromatic N) is 2. The maximum absolute atomic E-state index is 15.3. The van der Waals surface area contributed by atoms with E-state index in [1.807, 2.05) is 42.5 Å². The second-order valence-corrected chi connectivity index (χ2v) is 12.3. The van der Waals surface area contributed by atoms with Crippen LogP contribution >= 0.6 is 23.5 Å². The molecule has 1 saturated carbocycles. The number of halogens is 2. The number of anilines is 2.